The molecule has 3 rings (SSSR count). The zero-order chi connectivity index (χ0) is 18.2. The molecule has 7 heteroatoms. The minimum absolute atomic E-state index is 0. The van der Waals surface area contributed by atoms with Crippen molar-refractivity contribution in [1.29, 1.82) is 0 Å². The van der Waals surface area contributed by atoms with Crippen LogP contribution in [0.2, 0.25) is 0 Å². The molecule has 0 unspecified atom stereocenters. The molecule has 2 heterocycles. The molecule has 27 heavy (non-hydrogen) atoms. The molecule has 0 atom stereocenters. The number of piperidine rings is 1. The van der Waals surface area contributed by atoms with Gasteiger partial charge in [0.25, 0.3) is 0 Å². The monoisotopic (exact) mass is 489 g/mol. The summed E-state index contributed by atoms with van der Waals surface area (Å²) in [4.78, 5) is 11.1. The van der Waals surface area contributed by atoms with Gasteiger partial charge in [-0.1, -0.05) is 25.7 Å². The summed E-state index contributed by atoms with van der Waals surface area (Å²) in [6, 6.07) is 3.05. The van der Waals surface area contributed by atoms with Gasteiger partial charge in [0, 0.05) is 25.3 Å². The SMILES string of the molecule is CN=C(NCc1ncccc1F)NCC1(N2CCCCC2)CCCCC1.I. The Kier molecular flexibility index (Phi) is 9.21. The molecule has 0 bridgehead atoms. The van der Waals surface area contributed by atoms with Gasteiger partial charge in [-0.05, 0) is 50.9 Å². The first kappa shape index (κ1) is 22.3. The molecule has 0 radical (unpaired) electrons. The van der Waals surface area contributed by atoms with Gasteiger partial charge in [0.1, 0.15) is 5.82 Å². The van der Waals surface area contributed by atoms with Gasteiger partial charge in [0.05, 0.1) is 12.2 Å². The fourth-order valence-corrected chi connectivity index (χ4v) is 4.37. The lowest BCUT2D eigenvalue weighted by Gasteiger charge is -2.48. The van der Waals surface area contributed by atoms with Crippen molar-refractivity contribution in [2.24, 2.45) is 4.99 Å². The van der Waals surface area contributed by atoms with Crippen LogP contribution >= 0.6 is 24.0 Å². The normalized spacial score (nSPS) is 20.6. The van der Waals surface area contributed by atoms with Crippen molar-refractivity contribution in [3.8, 4) is 0 Å². The molecule has 2 aliphatic rings. The Morgan fingerprint density at radius 1 is 1.15 bits per heavy atom. The largest absolute Gasteiger partial charge is 0.355 e. The van der Waals surface area contributed by atoms with E-state index in [0.29, 0.717) is 12.2 Å². The van der Waals surface area contributed by atoms with E-state index >= 15 is 0 Å². The average Bonchev–Trinajstić information content (AvgIpc) is 2.71. The van der Waals surface area contributed by atoms with Crippen LogP contribution in [0, 0.1) is 5.82 Å². The minimum Gasteiger partial charge on any atom is -0.355 e. The van der Waals surface area contributed by atoms with Crippen LogP contribution in [0.1, 0.15) is 57.1 Å². The van der Waals surface area contributed by atoms with Gasteiger partial charge in [0.15, 0.2) is 5.96 Å². The fourth-order valence-electron chi connectivity index (χ4n) is 4.37. The van der Waals surface area contributed by atoms with E-state index in [1.807, 2.05) is 0 Å². The molecule has 0 aromatic carbocycles. The standard InChI is InChI=1S/C20H32FN5.HI/c1-22-19(24-15-18-17(21)9-8-12-23-18)25-16-20(10-4-2-5-11-20)26-13-6-3-7-14-26;/h8-9,12H,2-7,10-11,13-16H2,1H3,(H2,22,24,25);1H. The summed E-state index contributed by atoms with van der Waals surface area (Å²) in [5.41, 5.74) is 0.658. The van der Waals surface area contributed by atoms with Gasteiger partial charge >= 0.3 is 0 Å². The average molecular weight is 489 g/mol. The highest BCUT2D eigenvalue weighted by Gasteiger charge is 2.38. The van der Waals surface area contributed by atoms with Gasteiger partial charge < -0.3 is 10.6 Å². The first-order valence-corrected chi connectivity index (χ1v) is 10.0. The third-order valence-corrected chi connectivity index (χ3v) is 5.88. The predicted molar refractivity (Wildman–Crippen MR) is 119 cm³/mol. The topological polar surface area (TPSA) is 52.6 Å². The molecule has 1 saturated heterocycles. The highest BCUT2D eigenvalue weighted by atomic mass is 127. The van der Waals surface area contributed by atoms with Crippen LogP contribution in [0.25, 0.3) is 0 Å². The second-order valence-electron chi connectivity index (χ2n) is 7.54. The summed E-state index contributed by atoms with van der Waals surface area (Å²) in [6.45, 7) is 3.67. The van der Waals surface area contributed by atoms with Crippen LogP contribution in [0.3, 0.4) is 0 Å². The predicted octanol–water partition coefficient (Wildman–Crippen LogP) is 3.69. The van der Waals surface area contributed by atoms with Crippen molar-refractivity contribution in [3.05, 3.63) is 29.8 Å². The summed E-state index contributed by atoms with van der Waals surface area (Å²) >= 11 is 0. The third-order valence-electron chi connectivity index (χ3n) is 5.88. The Bertz CT molecular complexity index is 598. The lowest BCUT2D eigenvalue weighted by molar-refractivity contribution is 0.0368. The zero-order valence-corrected chi connectivity index (χ0v) is 18.7. The second kappa shape index (κ2) is 11.1. The summed E-state index contributed by atoms with van der Waals surface area (Å²) in [5.74, 6) is 0.435. The Morgan fingerprint density at radius 3 is 2.52 bits per heavy atom. The molecule has 0 amide bonds. The van der Waals surface area contributed by atoms with E-state index in [1.165, 1.54) is 70.5 Å². The van der Waals surface area contributed by atoms with Gasteiger partial charge in [-0.25, -0.2) is 4.39 Å². The van der Waals surface area contributed by atoms with Crippen molar-refractivity contribution in [2.75, 3.05) is 26.7 Å². The van der Waals surface area contributed by atoms with Crippen LogP contribution in [0.5, 0.6) is 0 Å². The Labute approximate surface area is 179 Å². The van der Waals surface area contributed by atoms with Crippen LogP contribution in [0.4, 0.5) is 4.39 Å². The molecule has 2 N–H and O–H groups in total. The van der Waals surface area contributed by atoms with Crippen molar-refractivity contribution in [2.45, 2.75) is 63.5 Å². The quantitative estimate of drug-likeness (QED) is 0.377. The Balaban J connectivity index is 0.00000261. The number of halogens is 2. The summed E-state index contributed by atoms with van der Waals surface area (Å²) in [6.07, 6.45) is 12.1. The number of nitrogens with zero attached hydrogens (tertiary/aromatic N) is 3. The number of rotatable bonds is 5. The third kappa shape index (κ3) is 6.01. The van der Waals surface area contributed by atoms with E-state index in [4.69, 9.17) is 0 Å². The van der Waals surface area contributed by atoms with Gasteiger partial charge in [-0.15, -0.1) is 24.0 Å². The van der Waals surface area contributed by atoms with Crippen LogP contribution < -0.4 is 10.6 Å². The molecule has 1 saturated carbocycles. The lowest BCUT2D eigenvalue weighted by Crippen LogP contribution is -2.59. The van der Waals surface area contributed by atoms with Crippen molar-refractivity contribution >= 4 is 29.9 Å². The van der Waals surface area contributed by atoms with E-state index in [0.717, 1.165) is 12.5 Å². The van der Waals surface area contributed by atoms with E-state index in [1.54, 1.807) is 19.3 Å². The summed E-state index contributed by atoms with van der Waals surface area (Å²) in [5, 5.41) is 6.72. The molecule has 1 aliphatic carbocycles. The molecule has 2 fully saturated rings. The lowest BCUT2D eigenvalue weighted by atomic mass is 9.79. The summed E-state index contributed by atoms with van der Waals surface area (Å²) < 4.78 is 13.8. The molecular weight excluding hydrogens is 456 g/mol. The fraction of sp³-hybridized carbons (Fsp3) is 0.700. The summed E-state index contributed by atoms with van der Waals surface area (Å²) in [7, 11) is 1.76. The first-order chi connectivity index (χ1) is 12.7. The van der Waals surface area contributed by atoms with Crippen molar-refractivity contribution < 1.29 is 4.39 Å². The van der Waals surface area contributed by atoms with Gasteiger partial charge in [0.2, 0.25) is 0 Å². The van der Waals surface area contributed by atoms with Crippen molar-refractivity contribution in [3.63, 3.8) is 0 Å². The van der Waals surface area contributed by atoms with Crippen LogP contribution in [0.15, 0.2) is 23.3 Å². The highest BCUT2D eigenvalue weighted by Crippen LogP contribution is 2.35. The number of likely N-dealkylation sites (tertiary alicyclic amines) is 1. The van der Waals surface area contributed by atoms with E-state index in [-0.39, 0.29) is 35.3 Å². The maximum absolute atomic E-state index is 13.8. The molecule has 1 aromatic rings. The number of pyridine rings is 1. The smallest absolute Gasteiger partial charge is 0.191 e. The van der Waals surface area contributed by atoms with Gasteiger partial charge in [-0.2, -0.15) is 0 Å². The zero-order valence-electron chi connectivity index (χ0n) is 16.3. The number of guanidine groups is 1. The van der Waals surface area contributed by atoms with E-state index in [2.05, 4.69) is 25.5 Å². The molecule has 1 aliphatic heterocycles. The Morgan fingerprint density at radius 2 is 1.85 bits per heavy atom. The maximum atomic E-state index is 13.8. The molecular formula is C20H33FIN5. The van der Waals surface area contributed by atoms with E-state index in [9.17, 15) is 4.39 Å². The first-order valence-electron chi connectivity index (χ1n) is 10.0. The number of hydrogen-bond acceptors (Lipinski definition) is 3. The van der Waals surface area contributed by atoms with Gasteiger partial charge in [-0.3, -0.25) is 14.9 Å². The minimum atomic E-state index is -0.285. The molecule has 5 nitrogen and oxygen atoms in total. The molecule has 1 aromatic heterocycles. The highest BCUT2D eigenvalue weighted by molar-refractivity contribution is 14.0. The Hall–Kier alpha value is -0.960. The van der Waals surface area contributed by atoms with Crippen LogP contribution in [-0.4, -0.2) is 48.1 Å². The van der Waals surface area contributed by atoms with Crippen LogP contribution in [-0.2, 0) is 6.54 Å². The number of aliphatic imine (C=N–C) groups is 1. The number of hydrogen-bond donors (Lipinski definition) is 2. The number of aromatic nitrogens is 1. The van der Waals surface area contributed by atoms with Crippen molar-refractivity contribution in [1.82, 2.24) is 20.5 Å². The second-order valence-corrected chi connectivity index (χ2v) is 7.54. The maximum Gasteiger partial charge on any atom is 0.191 e. The number of nitrogens with one attached hydrogen (secondary N) is 2. The molecule has 152 valence electrons. The van der Waals surface area contributed by atoms with E-state index < -0.39 is 0 Å². The molecule has 0 spiro atoms.